The number of hydrogen-bond donors (Lipinski definition) is 3. The first kappa shape index (κ1) is 23.0. The van der Waals surface area contributed by atoms with Crippen LogP contribution in [0.3, 0.4) is 0 Å². The molecule has 0 aromatic carbocycles. The molecule has 0 aliphatic heterocycles. The van der Waals surface area contributed by atoms with E-state index in [0.717, 1.165) is 0 Å². The second-order valence-corrected chi connectivity index (χ2v) is 1.63. The Morgan fingerprint density at radius 1 is 1.10 bits per heavy atom. The van der Waals surface area contributed by atoms with Gasteiger partial charge in [-0.25, -0.2) is 4.57 Å². The second kappa shape index (κ2) is 14.2. The van der Waals surface area contributed by atoms with Crippen molar-refractivity contribution in [1.82, 2.24) is 0 Å². The van der Waals surface area contributed by atoms with Gasteiger partial charge in [0.15, 0.2) is 0 Å². The van der Waals surface area contributed by atoms with E-state index in [-0.39, 0.29) is 103 Å². The van der Waals surface area contributed by atoms with E-state index >= 15 is 0 Å². The van der Waals surface area contributed by atoms with Crippen LogP contribution in [-0.4, -0.2) is 14.7 Å². The zero-order chi connectivity index (χ0) is 7.21. The maximum atomic E-state index is 8.88. The van der Waals surface area contributed by atoms with Gasteiger partial charge < -0.3 is 25.7 Å². The van der Waals surface area contributed by atoms with Crippen LogP contribution < -0.4 is 103 Å². The molecule has 0 rings (SSSR count). The molecule has 0 aromatic heterocycles. The van der Waals surface area contributed by atoms with E-state index in [0.29, 0.717) is 0 Å². The Bertz CT molecular complexity index is 116. The van der Waals surface area contributed by atoms with E-state index in [1.807, 2.05) is 0 Å². The molecule has 7 nitrogen and oxygen atoms in total. The molecule has 0 aromatic rings. The quantitative estimate of drug-likeness (QED) is 0.122. The van der Waals surface area contributed by atoms with Crippen LogP contribution in [-0.2, 0) is 4.57 Å². The van der Waals surface area contributed by atoms with Crippen LogP contribution in [0.25, 0.3) is 16.0 Å². The van der Waals surface area contributed by atoms with Crippen LogP contribution in [0, 0.1) is 0 Å². The Hall–Kier alpha value is 2.69. The Balaban J connectivity index is -0.0000000326. The molecule has 10 heavy (non-hydrogen) atoms. The third-order valence-corrected chi connectivity index (χ3v) is 0. The van der Waals surface area contributed by atoms with Crippen molar-refractivity contribution in [2.24, 2.45) is 0 Å². The van der Waals surface area contributed by atoms with Crippen LogP contribution >= 0.6 is 7.82 Å². The summed E-state index contributed by atoms with van der Waals surface area (Å²) in [5, 5.41) is 0. The fourth-order valence-corrected chi connectivity index (χ4v) is 0. The van der Waals surface area contributed by atoms with E-state index in [1.165, 1.54) is 4.91 Å². The Kier molecular flexibility index (Phi) is 32.7. The molecule has 0 amide bonds. The number of hydrogen-bond acceptors (Lipinski definition) is 1. The van der Waals surface area contributed by atoms with Gasteiger partial charge in [-0.3, -0.25) is 4.91 Å². The van der Waals surface area contributed by atoms with Crippen LogP contribution in [0.4, 0.5) is 0 Å². The Morgan fingerprint density at radius 3 is 1.10 bits per heavy atom. The molecule has 0 fully saturated rings. The number of nitrogens with zero attached hydrogens (tertiary/aromatic N) is 3. The maximum Gasteiger partial charge on any atom is 1.00 e. The molecule has 3 N–H and O–H groups in total. The molecular weight excluding hydrogens is 215 g/mol. The van der Waals surface area contributed by atoms with Crippen LogP contribution in [0.1, 0.15) is 0 Å². The van der Waals surface area contributed by atoms with Crippen molar-refractivity contribution < 1.29 is 122 Å². The molecule has 0 atom stereocenters. The fourth-order valence-electron chi connectivity index (χ4n) is 0. The molecule has 0 aliphatic carbocycles. The standard InChI is InChI=1S/2K.N3.H3O4P/c;;1-3-2;1-5(2,3)4/h;;;(H3,1,2,3,4)/q2*+1;-1;. The first-order chi connectivity index (χ1) is 3.41. The molecule has 0 radical (unpaired) electrons. The van der Waals surface area contributed by atoms with E-state index in [1.54, 1.807) is 0 Å². The summed E-state index contributed by atoms with van der Waals surface area (Å²) in [7, 11) is -4.64. The minimum absolute atomic E-state index is 0. The minimum atomic E-state index is -4.64. The van der Waals surface area contributed by atoms with Crippen molar-refractivity contribution in [2.75, 3.05) is 0 Å². The zero-order valence-electron chi connectivity index (χ0n) is 5.54. The summed E-state index contributed by atoms with van der Waals surface area (Å²) in [6.07, 6.45) is 0. The molecule has 0 bridgehead atoms. The second-order valence-electron chi connectivity index (χ2n) is 0.603. The predicted octanol–water partition coefficient (Wildman–Crippen LogP) is -6.05. The van der Waals surface area contributed by atoms with Crippen molar-refractivity contribution in [3.63, 3.8) is 0 Å². The third kappa shape index (κ3) is 139. The molecule has 0 saturated carbocycles. The zero-order valence-corrected chi connectivity index (χ0v) is 12.7. The number of phosphoric acid groups is 1. The van der Waals surface area contributed by atoms with Crippen LogP contribution in [0.5, 0.6) is 0 Å². The van der Waals surface area contributed by atoms with Gasteiger partial charge in [-0.2, -0.15) is 0 Å². The van der Waals surface area contributed by atoms with Gasteiger partial charge in [0.2, 0.25) is 0 Å². The predicted molar refractivity (Wildman–Crippen MR) is 24.3 cm³/mol. The van der Waals surface area contributed by atoms with Gasteiger partial charge in [0.1, 0.15) is 0 Å². The summed E-state index contributed by atoms with van der Waals surface area (Å²) in [5.41, 5.74) is 13.5. The molecule has 10 heteroatoms. The van der Waals surface area contributed by atoms with Gasteiger partial charge in [0, 0.05) is 0 Å². The van der Waals surface area contributed by atoms with Gasteiger partial charge in [-0.1, -0.05) is 0 Å². The van der Waals surface area contributed by atoms with Gasteiger partial charge in [-0.05, 0) is 0 Å². The largest absolute Gasteiger partial charge is 1.00 e. The summed E-state index contributed by atoms with van der Waals surface area (Å²) in [5.74, 6) is 0. The van der Waals surface area contributed by atoms with Gasteiger partial charge >= 0.3 is 111 Å². The smallest absolute Gasteiger partial charge is 0.373 e. The topological polar surface area (TPSA) is 136 Å². The summed E-state index contributed by atoms with van der Waals surface area (Å²) in [4.78, 5) is 23.1. The van der Waals surface area contributed by atoms with Crippen LogP contribution in [0.15, 0.2) is 0 Å². The molecule has 0 heterocycles. The number of rotatable bonds is 0. The Labute approximate surface area is 142 Å². The van der Waals surface area contributed by atoms with E-state index in [2.05, 4.69) is 0 Å². The van der Waals surface area contributed by atoms with Crippen molar-refractivity contribution in [3.8, 4) is 0 Å². The average molecular weight is 218 g/mol. The minimum Gasteiger partial charge on any atom is -0.373 e. The summed E-state index contributed by atoms with van der Waals surface area (Å²) in [6.45, 7) is 0. The average Bonchev–Trinajstić information content (AvgIpc) is 1.27. The molecule has 0 unspecified atom stereocenters. The Morgan fingerprint density at radius 2 is 1.10 bits per heavy atom. The third-order valence-electron chi connectivity index (χ3n) is 0. The fraction of sp³-hybridized carbons (Fsp3) is 0. The molecule has 0 spiro atoms. The van der Waals surface area contributed by atoms with E-state index < -0.39 is 7.82 Å². The van der Waals surface area contributed by atoms with Gasteiger partial charge in [0.25, 0.3) is 0 Å². The maximum absolute atomic E-state index is 8.88. The normalized spacial score (nSPS) is 6.70. The SMILES string of the molecule is O=P(O)(O)O.[K+].[K+].[N-]=[N+]=[N-]. The van der Waals surface area contributed by atoms with E-state index in [9.17, 15) is 0 Å². The van der Waals surface area contributed by atoms with Crippen molar-refractivity contribution in [2.45, 2.75) is 0 Å². The molecule has 0 saturated heterocycles. The van der Waals surface area contributed by atoms with Crippen LogP contribution in [0.2, 0.25) is 0 Å². The first-order valence-electron chi connectivity index (χ1n) is 1.18. The van der Waals surface area contributed by atoms with Crippen molar-refractivity contribution >= 4 is 7.82 Å². The molecular formula is H3K2N3O4P+. The monoisotopic (exact) mass is 218 g/mol. The van der Waals surface area contributed by atoms with Gasteiger partial charge in [-0.15, -0.1) is 0 Å². The van der Waals surface area contributed by atoms with Crippen molar-refractivity contribution in [3.05, 3.63) is 16.0 Å². The first-order valence-corrected chi connectivity index (χ1v) is 2.75. The summed E-state index contributed by atoms with van der Waals surface area (Å²) >= 11 is 0. The van der Waals surface area contributed by atoms with Crippen molar-refractivity contribution in [1.29, 1.82) is 0 Å². The van der Waals surface area contributed by atoms with Gasteiger partial charge in [0.05, 0.1) is 0 Å². The molecule has 0 aliphatic rings. The summed E-state index contributed by atoms with van der Waals surface area (Å²) in [6, 6.07) is 0. The van der Waals surface area contributed by atoms with E-state index in [4.69, 9.17) is 30.3 Å². The summed E-state index contributed by atoms with van der Waals surface area (Å²) < 4.78 is 8.88. The molecule has 48 valence electrons.